The largest absolute Gasteiger partial charge is 0.339 e. The molecule has 2 aliphatic rings. The van der Waals surface area contributed by atoms with Gasteiger partial charge in [-0.15, -0.1) is 0 Å². The van der Waals surface area contributed by atoms with Gasteiger partial charge in [0, 0.05) is 30.7 Å². The number of hydrogen-bond acceptors (Lipinski definition) is 2. The van der Waals surface area contributed by atoms with Gasteiger partial charge in [-0.1, -0.05) is 29.8 Å². The van der Waals surface area contributed by atoms with E-state index in [0.29, 0.717) is 29.3 Å². The smallest absolute Gasteiger partial charge is 0.227 e. The van der Waals surface area contributed by atoms with Gasteiger partial charge in [0.25, 0.3) is 0 Å². The lowest BCUT2D eigenvalue weighted by atomic mass is 9.95. The van der Waals surface area contributed by atoms with Gasteiger partial charge in [0.1, 0.15) is 0 Å². The summed E-state index contributed by atoms with van der Waals surface area (Å²) in [5.74, 6) is 1.45. The van der Waals surface area contributed by atoms with E-state index >= 15 is 0 Å². The van der Waals surface area contributed by atoms with Crippen molar-refractivity contribution in [2.24, 2.45) is 11.8 Å². The maximum atomic E-state index is 12.5. The van der Waals surface area contributed by atoms with Gasteiger partial charge in [0.05, 0.1) is 6.42 Å². The number of carbonyl (C=O) groups is 1. The number of benzene rings is 1. The van der Waals surface area contributed by atoms with E-state index in [4.69, 9.17) is 11.6 Å². The second kappa shape index (κ2) is 5.14. The summed E-state index contributed by atoms with van der Waals surface area (Å²) in [6, 6.07) is 7.94. The molecule has 2 aliphatic heterocycles. The molecule has 3 rings (SSSR count). The zero-order chi connectivity index (χ0) is 13.4. The van der Waals surface area contributed by atoms with Crippen LogP contribution < -0.4 is 5.32 Å². The molecule has 2 saturated heterocycles. The Morgan fingerprint density at radius 3 is 2.95 bits per heavy atom. The van der Waals surface area contributed by atoms with E-state index in [1.165, 1.54) is 0 Å². The lowest BCUT2D eigenvalue weighted by molar-refractivity contribution is -0.131. The van der Waals surface area contributed by atoms with Crippen LogP contribution in [0.2, 0.25) is 5.02 Å². The molecule has 1 aromatic carbocycles. The monoisotopic (exact) mass is 278 g/mol. The first kappa shape index (κ1) is 12.9. The summed E-state index contributed by atoms with van der Waals surface area (Å²) in [6.45, 7) is 5.15. The average molecular weight is 279 g/mol. The van der Waals surface area contributed by atoms with Crippen LogP contribution in [0, 0.1) is 11.8 Å². The first-order valence-electron chi connectivity index (χ1n) is 6.90. The van der Waals surface area contributed by atoms with Crippen molar-refractivity contribution in [3.8, 4) is 0 Å². The third-order valence-electron chi connectivity index (χ3n) is 4.55. The Bertz CT molecular complexity index is 491. The van der Waals surface area contributed by atoms with Crippen LogP contribution in [0.15, 0.2) is 24.3 Å². The molecule has 0 aliphatic carbocycles. The predicted octanol–water partition coefficient (Wildman–Crippen LogP) is 1.95. The number of nitrogens with one attached hydrogen (secondary N) is 1. The molecule has 2 heterocycles. The fourth-order valence-corrected chi connectivity index (χ4v) is 3.61. The second-order valence-electron chi connectivity index (χ2n) is 5.64. The molecule has 0 saturated carbocycles. The molecule has 2 fully saturated rings. The maximum absolute atomic E-state index is 12.5. The third-order valence-corrected chi connectivity index (χ3v) is 4.92. The minimum Gasteiger partial charge on any atom is -0.339 e. The van der Waals surface area contributed by atoms with E-state index in [0.717, 1.165) is 25.2 Å². The summed E-state index contributed by atoms with van der Waals surface area (Å²) >= 11 is 6.13. The average Bonchev–Trinajstić information content (AvgIpc) is 2.96. The van der Waals surface area contributed by atoms with Crippen molar-refractivity contribution in [1.29, 1.82) is 0 Å². The Hall–Kier alpha value is -1.06. The summed E-state index contributed by atoms with van der Waals surface area (Å²) in [6.07, 6.45) is 0.414. The first-order valence-corrected chi connectivity index (χ1v) is 7.28. The van der Waals surface area contributed by atoms with Gasteiger partial charge in [-0.05, 0) is 30.4 Å². The fourth-order valence-electron chi connectivity index (χ4n) is 3.40. The van der Waals surface area contributed by atoms with Crippen LogP contribution in [0.3, 0.4) is 0 Å². The predicted molar refractivity (Wildman–Crippen MR) is 76.2 cm³/mol. The maximum Gasteiger partial charge on any atom is 0.227 e. The SMILES string of the molecule is CC1C2CNCC2CN1C(=O)Cc1ccccc1Cl. The standard InChI is InChI=1S/C15H19ClN2O/c1-10-13-8-17-7-12(13)9-18(10)15(19)6-11-4-2-3-5-14(11)16/h2-5,10,12-13,17H,6-9H2,1H3. The molecule has 1 N–H and O–H groups in total. The third kappa shape index (κ3) is 2.37. The van der Waals surface area contributed by atoms with Gasteiger partial charge in [0.15, 0.2) is 0 Å². The van der Waals surface area contributed by atoms with Gasteiger partial charge in [0.2, 0.25) is 5.91 Å². The number of carbonyl (C=O) groups excluding carboxylic acids is 1. The summed E-state index contributed by atoms with van der Waals surface area (Å²) < 4.78 is 0. The van der Waals surface area contributed by atoms with Crippen molar-refractivity contribution in [3.05, 3.63) is 34.9 Å². The molecule has 3 unspecified atom stereocenters. The molecule has 4 heteroatoms. The number of nitrogens with zero attached hydrogens (tertiary/aromatic N) is 1. The van der Waals surface area contributed by atoms with E-state index in [2.05, 4.69) is 12.2 Å². The first-order chi connectivity index (χ1) is 9.16. The Balaban J connectivity index is 1.70. The minimum atomic E-state index is 0.204. The Kier molecular flexibility index (Phi) is 3.50. The number of likely N-dealkylation sites (tertiary alicyclic amines) is 1. The van der Waals surface area contributed by atoms with E-state index in [1.807, 2.05) is 29.2 Å². The Morgan fingerprint density at radius 2 is 2.21 bits per heavy atom. The molecule has 3 nitrogen and oxygen atoms in total. The van der Waals surface area contributed by atoms with Crippen LogP contribution in [0.4, 0.5) is 0 Å². The van der Waals surface area contributed by atoms with E-state index < -0.39 is 0 Å². The Labute approximate surface area is 118 Å². The Morgan fingerprint density at radius 1 is 1.42 bits per heavy atom. The van der Waals surface area contributed by atoms with Crippen molar-refractivity contribution in [2.45, 2.75) is 19.4 Å². The van der Waals surface area contributed by atoms with E-state index in [1.54, 1.807) is 0 Å². The summed E-state index contributed by atoms with van der Waals surface area (Å²) in [5, 5.41) is 4.10. The number of halogens is 1. The van der Waals surface area contributed by atoms with Crippen LogP contribution >= 0.6 is 11.6 Å². The zero-order valence-corrected chi connectivity index (χ0v) is 11.9. The quantitative estimate of drug-likeness (QED) is 0.897. The van der Waals surface area contributed by atoms with Crippen molar-refractivity contribution < 1.29 is 4.79 Å². The topological polar surface area (TPSA) is 32.3 Å². The summed E-state index contributed by atoms with van der Waals surface area (Å²) in [4.78, 5) is 14.5. The highest BCUT2D eigenvalue weighted by molar-refractivity contribution is 6.31. The van der Waals surface area contributed by atoms with Crippen molar-refractivity contribution in [3.63, 3.8) is 0 Å². The highest BCUT2D eigenvalue weighted by Gasteiger charge is 2.43. The molecular weight excluding hydrogens is 260 g/mol. The second-order valence-corrected chi connectivity index (χ2v) is 6.04. The molecule has 1 aromatic rings. The van der Waals surface area contributed by atoms with Crippen LogP contribution in [-0.2, 0) is 11.2 Å². The molecule has 1 amide bonds. The van der Waals surface area contributed by atoms with Crippen molar-refractivity contribution >= 4 is 17.5 Å². The lowest BCUT2D eigenvalue weighted by Gasteiger charge is -2.24. The fraction of sp³-hybridized carbons (Fsp3) is 0.533. The molecule has 0 spiro atoms. The van der Waals surface area contributed by atoms with Crippen LogP contribution in [0.5, 0.6) is 0 Å². The molecular formula is C15H19ClN2O. The number of fused-ring (bicyclic) bond motifs is 1. The normalized spacial score (nSPS) is 29.6. The highest BCUT2D eigenvalue weighted by Crippen LogP contribution is 2.32. The van der Waals surface area contributed by atoms with Gasteiger partial charge < -0.3 is 10.2 Å². The van der Waals surface area contributed by atoms with Gasteiger partial charge >= 0.3 is 0 Å². The van der Waals surface area contributed by atoms with Gasteiger partial charge in [-0.25, -0.2) is 0 Å². The van der Waals surface area contributed by atoms with E-state index in [-0.39, 0.29) is 5.91 Å². The molecule has 0 aromatic heterocycles. The molecule has 0 radical (unpaired) electrons. The van der Waals surface area contributed by atoms with Crippen LogP contribution in [0.25, 0.3) is 0 Å². The molecule has 3 atom stereocenters. The van der Waals surface area contributed by atoms with Crippen molar-refractivity contribution in [2.75, 3.05) is 19.6 Å². The summed E-state index contributed by atoms with van der Waals surface area (Å²) in [5.41, 5.74) is 0.927. The van der Waals surface area contributed by atoms with Crippen LogP contribution in [-0.4, -0.2) is 36.5 Å². The molecule has 0 bridgehead atoms. The van der Waals surface area contributed by atoms with E-state index in [9.17, 15) is 4.79 Å². The van der Waals surface area contributed by atoms with Gasteiger partial charge in [-0.3, -0.25) is 4.79 Å². The summed E-state index contributed by atoms with van der Waals surface area (Å²) in [7, 11) is 0. The van der Waals surface area contributed by atoms with Gasteiger partial charge in [-0.2, -0.15) is 0 Å². The number of rotatable bonds is 2. The molecule has 19 heavy (non-hydrogen) atoms. The molecule has 102 valence electrons. The van der Waals surface area contributed by atoms with Crippen LogP contribution in [0.1, 0.15) is 12.5 Å². The number of hydrogen-bond donors (Lipinski definition) is 1. The zero-order valence-electron chi connectivity index (χ0n) is 11.1. The lowest BCUT2D eigenvalue weighted by Crippen LogP contribution is -2.39. The number of amides is 1. The highest BCUT2D eigenvalue weighted by atomic mass is 35.5. The minimum absolute atomic E-state index is 0.204. The van der Waals surface area contributed by atoms with Crippen molar-refractivity contribution in [1.82, 2.24) is 10.2 Å².